The minimum absolute atomic E-state index is 0.234. The number of amides is 1. The summed E-state index contributed by atoms with van der Waals surface area (Å²) >= 11 is 0. The summed E-state index contributed by atoms with van der Waals surface area (Å²) in [6.07, 6.45) is 1.09. The zero-order valence-electron chi connectivity index (χ0n) is 14.1. The van der Waals surface area contributed by atoms with Crippen molar-refractivity contribution in [2.45, 2.75) is 32.4 Å². The molecule has 25 heavy (non-hydrogen) atoms. The van der Waals surface area contributed by atoms with Gasteiger partial charge < -0.3 is 4.74 Å². The van der Waals surface area contributed by atoms with E-state index in [0.29, 0.717) is 13.0 Å². The smallest absolute Gasteiger partial charge is 0.414 e. The van der Waals surface area contributed by atoms with Crippen molar-refractivity contribution in [3.05, 3.63) is 75.7 Å². The summed E-state index contributed by atoms with van der Waals surface area (Å²) in [5, 5.41) is 3.89. The van der Waals surface area contributed by atoms with Gasteiger partial charge in [0.15, 0.2) is 0 Å². The predicted molar refractivity (Wildman–Crippen MR) is 96.3 cm³/mol. The molecule has 1 atom stereocenters. The maximum Gasteiger partial charge on any atom is 0.414 e. The Morgan fingerprint density at radius 2 is 2.08 bits per heavy atom. The van der Waals surface area contributed by atoms with Crippen molar-refractivity contribution in [1.82, 2.24) is 0 Å². The van der Waals surface area contributed by atoms with Gasteiger partial charge in [0.05, 0.1) is 11.7 Å². The number of hydrogen-bond acceptors (Lipinski definition) is 3. The third-order valence-corrected chi connectivity index (χ3v) is 4.39. The molecule has 1 amide bonds. The fourth-order valence-electron chi connectivity index (χ4n) is 3.03. The Labute approximate surface area is 146 Å². The van der Waals surface area contributed by atoms with Gasteiger partial charge in [0, 0.05) is 11.5 Å². The van der Waals surface area contributed by atoms with E-state index < -0.39 is 0 Å². The SMILES string of the molecule is CCc1ccc2c(c1)C(N=[N+]=[N-])CCN2C(=O)OCc1ccccc1. The van der Waals surface area contributed by atoms with E-state index in [9.17, 15) is 4.79 Å². The van der Waals surface area contributed by atoms with Crippen molar-refractivity contribution < 1.29 is 9.53 Å². The van der Waals surface area contributed by atoms with Crippen LogP contribution in [0, 0.1) is 0 Å². The molecule has 0 N–H and O–H groups in total. The Balaban J connectivity index is 1.81. The minimum Gasteiger partial charge on any atom is -0.444 e. The van der Waals surface area contributed by atoms with Crippen LogP contribution in [-0.2, 0) is 17.8 Å². The summed E-state index contributed by atoms with van der Waals surface area (Å²) in [5.41, 5.74) is 12.6. The van der Waals surface area contributed by atoms with Crippen molar-refractivity contribution in [3.8, 4) is 0 Å². The average Bonchev–Trinajstić information content (AvgIpc) is 2.67. The minimum atomic E-state index is -0.381. The molecular formula is C19H20N4O2. The van der Waals surface area contributed by atoms with Crippen LogP contribution in [0.1, 0.15) is 36.1 Å². The first-order valence-corrected chi connectivity index (χ1v) is 8.38. The first kappa shape index (κ1) is 16.9. The Kier molecular flexibility index (Phi) is 5.21. The molecule has 0 saturated heterocycles. The molecule has 0 aromatic heterocycles. The van der Waals surface area contributed by atoms with E-state index in [0.717, 1.165) is 28.8 Å². The lowest BCUT2D eigenvalue weighted by atomic mass is 9.94. The molecule has 6 heteroatoms. The highest BCUT2D eigenvalue weighted by Crippen LogP contribution is 2.37. The highest BCUT2D eigenvalue weighted by atomic mass is 16.6. The molecule has 2 aromatic rings. The highest BCUT2D eigenvalue weighted by molar-refractivity contribution is 5.89. The molecule has 6 nitrogen and oxygen atoms in total. The number of anilines is 1. The van der Waals surface area contributed by atoms with Gasteiger partial charge in [-0.05, 0) is 41.1 Å². The summed E-state index contributed by atoms with van der Waals surface area (Å²) in [6, 6.07) is 15.3. The van der Waals surface area contributed by atoms with Crippen molar-refractivity contribution >= 4 is 11.8 Å². The zero-order chi connectivity index (χ0) is 17.6. The van der Waals surface area contributed by atoms with Crippen LogP contribution in [0.3, 0.4) is 0 Å². The van der Waals surface area contributed by atoms with Crippen LogP contribution in [0.15, 0.2) is 53.6 Å². The molecule has 0 spiro atoms. The van der Waals surface area contributed by atoms with Crippen LogP contribution in [-0.4, -0.2) is 12.6 Å². The van der Waals surface area contributed by atoms with Gasteiger partial charge in [0.25, 0.3) is 0 Å². The second-order valence-corrected chi connectivity index (χ2v) is 5.95. The Hall–Kier alpha value is -2.98. The molecule has 2 aromatic carbocycles. The van der Waals surface area contributed by atoms with Gasteiger partial charge >= 0.3 is 6.09 Å². The summed E-state index contributed by atoms with van der Waals surface area (Å²) in [4.78, 5) is 17.1. The number of carbonyl (C=O) groups is 1. The molecule has 0 bridgehead atoms. The molecule has 0 fully saturated rings. The molecule has 3 rings (SSSR count). The molecule has 0 saturated carbocycles. The largest absolute Gasteiger partial charge is 0.444 e. The molecule has 0 radical (unpaired) electrons. The summed E-state index contributed by atoms with van der Waals surface area (Å²) in [7, 11) is 0. The number of benzene rings is 2. The molecule has 128 valence electrons. The maximum atomic E-state index is 12.6. The number of nitrogens with zero attached hydrogens (tertiary/aromatic N) is 4. The third kappa shape index (κ3) is 3.75. The zero-order valence-corrected chi connectivity index (χ0v) is 14.1. The van der Waals surface area contributed by atoms with Crippen molar-refractivity contribution in [1.29, 1.82) is 0 Å². The van der Waals surface area contributed by atoms with Gasteiger partial charge in [-0.1, -0.05) is 54.5 Å². The first-order valence-electron chi connectivity index (χ1n) is 8.38. The molecule has 1 aliphatic heterocycles. The number of carbonyl (C=O) groups excluding carboxylic acids is 1. The van der Waals surface area contributed by atoms with Gasteiger partial charge in [-0.3, -0.25) is 4.90 Å². The Morgan fingerprint density at radius 1 is 1.28 bits per heavy atom. The monoisotopic (exact) mass is 336 g/mol. The van der Waals surface area contributed by atoms with E-state index in [-0.39, 0.29) is 18.7 Å². The molecule has 0 aliphatic carbocycles. The fourth-order valence-corrected chi connectivity index (χ4v) is 3.03. The average molecular weight is 336 g/mol. The molecular weight excluding hydrogens is 316 g/mol. The van der Waals surface area contributed by atoms with E-state index in [4.69, 9.17) is 10.3 Å². The van der Waals surface area contributed by atoms with Crippen LogP contribution < -0.4 is 4.90 Å². The van der Waals surface area contributed by atoms with E-state index >= 15 is 0 Å². The number of ether oxygens (including phenoxy) is 1. The summed E-state index contributed by atoms with van der Waals surface area (Å²) in [6.45, 7) is 2.77. The van der Waals surface area contributed by atoms with Crippen LogP contribution >= 0.6 is 0 Å². The number of azide groups is 1. The van der Waals surface area contributed by atoms with Crippen molar-refractivity contribution in [2.24, 2.45) is 5.11 Å². The van der Waals surface area contributed by atoms with E-state index in [1.54, 1.807) is 4.90 Å². The normalized spacial score (nSPS) is 15.9. The predicted octanol–water partition coefficient (Wildman–Crippen LogP) is 5.15. The van der Waals surface area contributed by atoms with Crippen LogP contribution in [0.2, 0.25) is 0 Å². The van der Waals surface area contributed by atoms with E-state index in [1.165, 1.54) is 0 Å². The van der Waals surface area contributed by atoms with Gasteiger partial charge in [-0.25, -0.2) is 4.79 Å². The maximum absolute atomic E-state index is 12.6. The number of rotatable bonds is 4. The van der Waals surface area contributed by atoms with Gasteiger partial charge in [0.2, 0.25) is 0 Å². The molecule has 1 aliphatic rings. The topological polar surface area (TPSA) is 78.3 Å². The third-order valence-electron chi connectivity index (χ3n) is 4.39. The van der Waals surface area contributed by atoms with Crippen molar-refractivity contribution in [2.75, 3.05) is 11.4 Å². The number of fused-ring (bicyclic) bond motifs is 1. The number of hydrogen-bond donors (Lipinski definition) is 0. The second-order valence-electron chi connectivity index (χ2n) is 5.95. The standard InChI is InChI=1S/C19H20N4O2/c1-2-14-8-9-18-16(12-14)17(21-22-20)10-11-23(18)19(24)25-13-15-6-4-3-5-7-15/h3-9,12,17H,2,10-11,13H2,1H3. The second kappa shape index (κ2) is 7.73. The van der Waals surface area contributed by atoms with Crippen LogP contribution in [0.4, 0.5) is 10.5 Å². The van der Waals surface area contributed by atoms with E-state index in [1.807, 2.05) is 48.5 Å². The van der Waals surface area contributed by atoms with Gasteiger partial charge in [-0.15, -0.1) is 0 Å². The summed E-state index contributed by atoms with van der Waals surface area (Å²) in [5.74, 6) is 0. The first-order chi connectivity index (χ1) is 12.2. The lowest BCUT2D eigenvalue weighted by Gasteiger charge is -2.32. The molecule has 1 heterocycles. The lowest BCUT2D eigenvalue weighted by molar-refractivity contribution is 0.146. The Morgan fingerprint density at radius 3 is 2.80 bits per heavy atom. The quantitative estimate of drug-likeness (QED) is 0.440. The highest BCUT2D eigenvalue weighted by Gasteiger charge is 2.29. The Bertz CT molecular complexity index is 800. The van der Waals surface area contributed by atoms with Gasteiger partial charge in [0.1, 0.15) is 6.61 Å². The van der Waals surface area contributed by atoms with Crippen LogP contribution in [0.25, 0.3) is 10.4 Å². The molecule has 1 unspecified atom stereocenters. The van der Waals surface area contributed by atoms with Gasteiger partial charge in [-0.2, -0.15) is 0 Å². The van der Waals surface area contributed by atoms with Crippen molar-refractivity contribution in [3.63, 3.8) is 0 Å². The van der Waals surface area contributed by atoms with E-state index in [2.05, 4.69) is 16.9 Å². The lowest BCUT2D eigenvalue weighted by Crippen LogP contribution is -2.36. The van der Waals surface area contributed by atoms with Crippen LogP contribution in [0.5, 0.6) is 0 Å². The fraction of sp³-hybridized carbons (Fsp3) is 0.316. The number of aryl methyl sites for hydroxylation is 1. The summed E-state index contributed by atoms with van der Waals surface area (Å²) < 4.78 is 5.46.